The van der Waals surface area contributed by atoms with Crippen LogP contribution in [0.3, 0.4) is 0 Å². The second-order valence-corrected chi connectivity index (χ2v) is 4.00. The molecule has 2 rings (SSSR count). The van der Waals surface area contributed by atoms with E-state index in [1.807, 2.05) is 0 Å². The number of hydrogen-bond acceptors (Lipinski definition) is 3. The molecule has 1 heterocycles. The van der Waals surface area contributed by atoms with Gasteiger partial charge in [0.25, 0.3) is 5.91 Å². The number of amides is 1. The van der Waals surface area contributed by atoms with Gasteiger partial charge in [-0.05, 0) is 31.2 Å². The Balaban J connectivity index is 2.13. The number of pyridine rings is 1. The summed E-state index contributed by atoms with van der Waals surface area (Å²) in [6, 6.07) is 6.21. The fourth-order valence-corrected chi connectivity index (χ4v) is 1.55. The maximum atomic E-state index is 13.5. The van der Waals surface area contributed by atoms with Crippen molar-refractivity contribution in [1.82, 2.24) is 10.4 Å². The van der Waals surface area contributed by atoms with Crippen LogP contribution in [0, 0.1) is 11.6 Å². The molecular weight excluding hydrogens is 264 g/mol. The first kappa shape index (κ1) is 13.8. The van der Waals surface area contributed by atoms with Gasteiger partial charge in [0.05, 0.1) is 5.71 Å². The van der Waals surface area contributed by atoms with Crippen LogP contribution in [0.5, 0.6) is 0 Å². The Hall–Kier alpha value is -2.63. The zero-order chi connectivity index (χ0) is 14.5. The third-order valence-corrected chi connectivity index (χ3v) is 2.59. The highest BCUT2D eigenvalue weighted by molar-refractivity contribution is 6.00. The molecule has 1 N–H and O–H groups in total. The van der Waals surface area contributed by atoms with Crippen molar-refractivity contribution in [2.45, 2.75) is 6.92 Å². The fraction of sp³-hybridized carbons (Fsp3) is 0.0714. The molecular formula is C14H11F2N3O. The number of carbonyl (C=O) groups excluding carboxylic acids is 1. The van der Waals surface area contributed by atoms with E-state index in [-0.39, 0.29) is 11.3 Å². The summed E-state index contributed by atoms with van der Waals surface area (Å²) in [6.07, 6.45) is 2.95. The van der Waals surface area contributed by atoms with Gasteiger partial charge < -0.3 is 0 Å². The number of benzene rings is 1. The van der Waals surface area contributed by atoms with Crippen LogP contribution in [0.4, 0.5) is 8.78 Å². The van der Waals surface area contributed by atoms with Crippen molar-refractivity contribution in [2.75, 3.05) is 0 Å². The molecule has 1 aromatic carbocycles. The molecule has 0 aliphatic rings. The standard InChI is InChI=1S/C14H11F2N3O/c1-9(12-3-2-11(15)8-13(12)16)18-19-14(20)10-4-6-17-7-5-10/h2-8H,1H3,(H,19,20)/b18-9-. The molecule has 0 fully saturated rings. The van der Waals surface area contributed by atoms with Crippen LogP contribution in [0.15, 0.2) is 47.8 Å². The number of hydrazone groups is 1. The van der Waals surface area contributed by atoms with Crippen LogP contribution in [-0.4, -0.2) is 16.6 Å². The summed E-state index contributed by atoms with van der Waals surface area (Å²) in [5.74, 6) is -1.83. The van der Waals surface area contributed by atoms with Crippen LogP contribution in [0.25, 0.3) is 0 Å². The molecule has 1 amide bonds. The Kier molecular flexibility index (Phi) is 4.14. The van der Waals surface area contributed by atoms with E-state index >= 15 is 0 Å². The Labute approximate surface area is 114 Å². The molecule has 2 aromatic rings. The first-order valence-corrected chi connectivity index (χ1v) is 5.78. The van der Waals surface area contributed by atoms with Gasteiger partial charge in [-0.25, -0.2) is 14.2 Å². The minimum atomic E-state index is -0.732. The SMILES string of the molecule is C/C(=N/NC(=O)c1ccncc1)c1ccc(F)cc1F. The molecule has 102 valence electrons. The summed E-state index contributed by atoms with van der Waals surface area (Å²) < 4.78 is 26.3. The molecule has 6 heteroatoms. The summed E-state index contributed by atoms with van der Waals surface area (Å²) in [7, 11) is 0. The van der Waals surface area contributed by atoms with Crippen molar-refractivity contribution in [3.05, 3.63) is 65.5 Å². The van der Waals surface area contributed by atoms with E-state index in [9.17, 15) is 13.6 Å². The minimum Gasteiger partial charge on any atom is -0.267 e. The van der Waals surface area contributed by atoms with Crippen LogP contribution >= 0.6 is 0 Å². The molecule has 20 heavy (non-hydrogen) atoms. The molecule has 0 saturated carbocycles. The van der Waals surface area contributed by atoms with E-state index in [0.717, 1.165) is 12.1 Å². The van der Waals surface area contributed by atoms with E-state index < -0.39 is 17.5 Å². The first-order chi connectivity index (χ1) is 9.58. The zero-order valence-electron chi connectivity index (χ0n) is 10.6. The number of aromatic nitrogens is 1. The Bertz CT molecular complexity index is 657. The average molecular weight is 275 g/mol. The molecule has 0 aliphatic carbocycles. The molecule has 0 aliphatic heterocycles. The lowest BCUT2D eigenvalue weighted by Crippen LogP contribution is -2.19. The van der Waals surface area contributed by atoms with Crippen LogP contribution in [-0.2, 0) is 0 Å². The summed E-state index contributed by atoms with van der Waals surface area (Å²) >= 11 is 0. The summed E-state index contributed by atoms with van der Waals surface area (Å²) in [5.41, 5.74) is 3.05. The highest BCUT2D eigenvalue weighted by Gasteiger charge is 2.08. The maximum absolute atomic E-state index is 13.5. The third kappa shape index (κ3) is 3.23. The molecule has 0 unspecified atom stereocenters. The monoisotopic (exact) mass is 275 g/mol. The van der Waals surface area contributed by atoms with Gasteiger partial charge in [-0.3, -0.25) is 9.78 Å². The summed E-state index contributed by atoms with van der Waals surface area (Å²) in [5, 5.41) is 3.80. The molecule has 0 bridgehead atoms. The Morgan fingerprint density at radius 2 is 1.90 bits per heavy atom. The highest BCUT2D eigenvalue weighted by Crippen LogP contribution is 2.10. The molecule has 0 spiro atoms. The molecule has 1 aromatic heterocycles. The fourth-order valence-electron chi connectivity index (χ4n) is 1.55. The van der Waals surface area contributed by atoms with Gasteiger partial charge in [0.15, 0.2) is 0 Å². The number of nitrogens with one attached hydrogen (secondary N) is 1. The van der Waals surface area contributed by atoms with Gasteiger partial charge in [-0.1, -0.05) is 0 Å². The molecule has 4 nitrogen and oxygen atoms in total. The maximum Gasteiger partial charge on any atom is 0.271 e. The smallest absolute Gasteiger partial charge is 0.267 e. The van der Waals surface area contributed by atoms with Crippen LogP contribution in [0.1, 0.15) is 22.8 Å². The molecule has 0 radical (unpaired) electrons. The van der Waals surface area contributed by atoms with Gasteiger partial charge >= 0.3 is 0 Å². The Morgan fingerprint density at radius 3 is 2.55 bits per heavy atom. The van der Waals surface area contributed by atoms with Crippen molar-refractivity contribution in [2.24, 2.45) is 5.10 Å². The summed E-state index contributed by atoms with van der Waals surface area (Å²) in [4.78, 5) is 15.5. The van der Waals surface area contributed by atoms with E-state index in [1.54, 1.807) is 0 Å². The van der Waals surface area contributed by atoms with Gasteiger partial charge in [0, 0.05) is 29.6 Å². The third-order valence-electron chi connectivity index (χ3n) is 2.59. The lowest BCUT2D eigenvalue weighted by atomic mass is 10.1. The van der Waals surface area contributed by atoms with Crippen molar-refractivity contribution in [3.8, 4) is 0 Å². The quantitative estimate of drug-likeness (QED) is 0.691. The zero-order valence-corrected chi connectivity index (χ0v) is 10.6. The predicted octanol–water partition coefficient (Wildman–Crippen LogP) is 2.51. The van der Waals surface area contributed by atoms with Crippen LogP contribution in [0.2, 0.25) is 0 Å². The number of carbonyl (C=O) groups is 1. The number of hydrogen-bond donors (Lipinski definition) is 1. The van der Waals surface area contributed by atoms with E-state index in [4.69, 9.17) is 0 Å². The van der Waals surface area contributed by atoms with E-state index in [0.29, 0.717) is 5.56 Å². The second-order valence-electron chi connectivity index (χ2n) is 4.00. The lowest BCUT2D eigenvalue weighted by molar-refractivity contribution is 0.0954. The topological polar surface area (TPSA) is 54.4 Å². The normalized spacial score (nSPS) is 11.2. The van der Waals surface area contributed by atoms with Gasteiger partial charge in [0.1, 0.15) is 11.6 Å². The highest BCUT2D eigenvalue weighted by atomic mass is 19.1. The lowest BCUT2D eigenvalue weighted by Gasteiger charge is -2.04. The molecule has 0 atom stereocenters. The second kappa shape index (κ2) is 6.01. The number of rotatable bonds is 3. The largest absolute Gasteiger partial charge is 0.271 e. The van der Waals surface area contributed by atoms with Crippen molar-refractivity contribution in [3.63, 3.8) is 0 Å². The number of halogens is 2. The van der Waals surface area contributed by atoms with Crippen molar-refractivity contribution in [1.29, 1.82) is 0 Å². The van der Waals surface area contributed by atoms with Crippen molar-refractivity contribution >= 4 is 11.6 Å². The minimum absolute atomic E-state index is 0.126. The van der Waals surface area contributed by atoms with Gasteiger partial charge in [-0.2, -0.15) is 5.10 Å². The summed E-state index contributed by atoms with van der Waals surface area (Å²) in [6.45, 7) is 1.52. The van der Waals surface area contributed by atoms with E-state index in [2.05, 4.69) is 15.5 Å². The Morgan fingerprint density at radius 1 is 1.20 bits per heavy atom. The van der Waals surface area contributed by atoms with Crippen molar-refractivity contribution < 1.29 is 13.6 Å². The average Bonchev–Trinajstić information content (AvgIpc) is 2.45. The first-order valence-electron chi connectivity index (χ1n) is 5.78. The van der Waals surface area contributed by atoms with E-state index in [1.165, 1.54) is 37.5 Å². The van der Waals surface area contributed by atoms with Gasteiger partial charge in [-0.15, -0.1) is 0 Å². The van der Waals surface area contributed by atoms with Gasteiger partial charge in [0.2, 0.25) is 0 Å². The molecule has 0 saturated heterocycles. The van der Waals surface area contributed by atoms with Crippen LogP contribution < -0.4 is 5.43 Å². The number of nitrogens with zero attached hydrogens (tertiary/aromatic N) is 2. The predicted molar refractivity (Wildman–Crippen MR) is 70.3 cm³/mol.